The molecule has 0 spiro atoms. The van der Waals surface area contributed by atoms with Crippen LogP contribution in [-0.2, 0) is 0 Å². The minimum atomic E-state index is 0.598. The average Bonchev–Trinajstić information content (AvgIpc) is 2.63. The molecule has 0 unspecified atom stereocenters. The van der Waals surface area contributed by atoms with Crippen molar-refractivity contribution in [1.82, 2.24) is 0 Å². The summed E-state index contributed by atoms with van der Waals surface area (Å²) in [6.07, 6.45) is 1.29. The Balaban J connectivity index is 2.17. The molecule has 0 aromatic heterocycles. The van der Waals surface area contributed by atoms with Gasteiger partial charge in [0, 0.05) is 21.4 Å². The number of alkyl halides is 4. The first-order chi connectivity index (χ1) is 6.20. The molecule has 0 N–H and O–H groups in total. The molecule has 0 aliphatic heterocycles. The van der Waals surface area contributed by atoms with Crippen molar-refractivity contribution in [2.24, 2.45) is 23.7 Å². The van der Waals surface area contributed by atoms with Crippen LogP contribution in [0.3, 0.4) is 0 Å². The van der Waals surface area contributed by atoms with Crippen LogP contribution in [0.1, 0.15) is 6.42 Å². The second-order valence-corrected chi connectivity index (χ2v) is 6.82. The highest BCUT2D eigenvalue weighted by molar-refractivity contribution is 9.12. The summed E-state index contributed by atoms with van der Waals surface area (Å²) < 4.78 is 0. The van der Waals surface area contributed by atoms with Gasteiger partial charge in [-0.15, -0.1) is 23.2 Å². The molecule has 2 saturated carbocycles. The number of rotatable bonds is 2. The van der Waals surface area contributed by atoms with Crippen molar-refractivity contribution in [1.29, 1.82) is 0 Å². The zero-order valence-electron chi connectivity index (χ0n) is 7.10. The largest absolute Gasteiger partial charge is 0.126 e. The van der Waals surface area contributed by atoms with Crippen molar-refractivity contribution < 1.29 is 0 Å². The summed E-state index contributed by atoms with van der Waals surface area (Å²) in [5, 5.41) is 0. The number of fused-ring (bicyclic) bond motifs is 2. The molecule has 2 rings (SSSR count). The summed E-state index contributed by atoms with van der Waals surface area (Å²) in [4.78, 5) is 1.20. The molecule has 0 aromatic rings. The van der Waals surface area contributed by atoms with Gasteiger partial charge in [0.15, 0.2) is 0 Å². The third-order valence-corrected chi connectivity index (χ3v) is 7.59. The van der Waals surface area contributed by atoms with Crippen molar-refractivity contribution in [2.75, 3.05) is 11.8 Å². The van der Waals surface area contributed by atoms with Crippen molar-refractivity contribution in [2.45, 2.75) is 16.1 Å². The van der Waals surface area contributed by atoms with Crippen LogP contribution in [0, 0.1) is 23.7 Å². The highest BCUT2D eigenvalue weighted by atomic mass is 79.9. The first-order valence-electron chi connectivity index (χ1n) is 4.60. The normalized spacial score (nSPS) is 54.5. The smallest absolute Gasteiger partial charge is 0.0305 e. The fraction of sp³-hybridized carbons (Fsp3) is 1.00. The maximum absolute atomic E-state index is 5.99. The standard InChI is InChI=1S/C9H12Br2Cl2/c10-8-4-1-5(9(8)11)7(3-13)6(4)2-12/h4-9H,1-3H2/t4-,5+,6-,7+,8-,9+. The lowest BCUT2D eigenvalue weighted by molar-refractivity contribution is 0.284. The van der Waals surface area contributed by atoms with Crippen LogP contribution >= 0.6 is 55.1 Å². The lowest BCUT2D eigenvalue weighted by Gasteiger charge is -2.34. The van der Waals surface area contributed by atoms with Crippen LogP contribution in [0.5, 0.6) is 0 Å². The molecular formula is C9H12Br2Cl2. The van der Waals surface area contributed by atoms with Gasteiger partial charge in [-0.1, -0.05) is 31.9 Å². The van der Waals surface area contributed by atoms with E-state index in [4.69, 9.17) is 23.2 Å². The van der Waals surface area contributed by atoms with Crippen molar-refractivity contribution in [3.05, 3.63) is 0 Å². The van der Waals surface area contributed by atoms with Crippen LogP contribution in [0.25, 0.3) is 0 Å². The van der Waals surface area contributed by atoms with E-state index in [9.17, 15) is 0 Å². The van der Waals surface area contributed by atoms with Crippen LogP contribution < -0.4 is 0 Å². The molecule has 2 aliphatic carbocycles. The number of hydrogen-bond donors (Lipinski definition) is 0. The summed E-state index contributed by atoms with van der Waals surface area (Å²) in [5.41, 5.74) is 0. The molecular weight excluding hydrogens is 339 g/mol. The molecule has 2 aliphatic rings. The molecule has 0 aromatic carbocycles. The highest BCUT2D eigenvalue weighted by Gasteiger charge is 2.55. The van der Waals surface area contributed by atoms with Gasteiger partial charge in [-0.05, 0) is 30.1 Å². The molecule has 0 saturated heterocycles. The predicted octanol–water partition coefficient (Wildman–Crippen LogP) is 3.87. The Labute approximate surface area is 106 Å². The van der Waals surface area contributed by atoms with Gasteiger partial charge in [-0.3, -0.25) is 0 Å². The SMILES string of the molecule is ClC[C@@H]1[C@H](CCl)[C@H]2C[C@@H]1[C@H](Br)[C@@H]2Br. The van der Waals surface area contributed by atoms with Gasteiger partial charge >= 0.3 is 0 Å². The Bertz CT molecular complexity index is 176. The summed E-state index contributed by atoms with van der Waals surface area (Å²) in [7, 11) is 0. The first-order valence-corrected chi connectivity index (χ1v) is 7.50. The van der Waals surface area contributed by atoms with E-state index in [0.717, 1.165) is 23.6 Å². The summed E-state index contributed by atoms with van der Waals surface area (Å²) >= 11 is 19.5. The highest BCUT2D eigenvalue weighted by Crippen LogP contribution is 2.57. The van der Waals surface area contributed by atoms with E-state index in [0.29, 0.717) is 21.5 Å². The zero-order valence-corrected chi connectivity index (χ0v) is 11.8. The first kappa shape index (κ1) is 11.0. The summed E-state index contributed by atoms with van der Waals surface area (Å²) in [5.74, 6) is 4.25. The maximum Gasteiger partial charge on any atom is 0.0305 e. The molecule has 0 radical (unpaired) electrons. The second kappa shape index (κ2) is 4.19. The van der Waals surface area contributed by atoms with E-state index in [2.05, 4.69) is 31.9 Å². The Morgan fingerprint density at radius 3 is 1.62 bits per heavy atom. The van der Waals surface area contributed by atoms with Gasteiger partial charge < -0.3 is 0 Å². The van der Waals surface area contributed by atoms with Crippen LogP contribution in [0.15, 0.2) is 0 Å². The van der Waals surface area contributed by atoms with E-state index in [1.54, 1.807) is 0 Å². The Hall–Kier alpha value is 1.54. The van der Waals surface area contributed by atoms with Crippen LogP contribution in [0.2, 0.25) is 0 Å². The number of hydrogen-bond acceptors (Lipinski definition) is 0. The minimum Gasteiger partial charge on any atom is -0.126 e. The Kier molecular flexibility index (Phi) is 3.56. The Morgan fingerprint density at radius 1 is 0.923 bits per heavy atom. The predicted molar refractivity (Wildman–Crippen MR) is 65.4 cm³/mol. The molecule has 0 amide bonds. The molecule has 6 atom stereocenters. The van der Waals surface area contributed by atoms with E-state index in [1.807, 2.05) is 0 Å². The van der Waals surface area contributed by atoms with Gasteiger partial charge in [0.2, 0.25) is 0 Å². The minimum absolute atomic E-state index is 0.598. The molecule has 76 valence electrons. The van der Waals surface area contributed by atoms with Gasteiger partial charge in [-0.2, -0.15) is 0 Å². The van der Waals surface area contributed by atoms with Gasteiger partial charge in [0.05, 0.1) is 0 Å². The molecule has 4 heteroatoms. The quantitative estimate of drug-likeness (QED) is 0.663. The second-order valence-electron chi connectivity index (χ2n) is 4.09. The lowest BCUT2D eigenvalue weighted by atomic mass is 9.81. The van der Waals surface area contributed by atoms with Crippen LogP contribution in [0.4, 0.5) is 0 Å². The van der Waals surface area contributed by atoms with Crippen LogP contribution in [-0.4, -0.2) is 21.4 Å². The van der Waals surface area contributed by atoms with Crippen molar-refractivity contribution in [3.8, 4) is 0 Å². The van der Waals surface area contributed by atoms with Gasteiger partial charge in [0.25, 0.3) is 0 Å². The summed E-state index contributed by atoms with van der Waals surface area (Å²) in [6.45, 7) is 0. The molecule has 0 nitrogen and oxygen atoms in total. The fourth-order valence-corrected chi connectivity index (χ4v) is 5.88. The maximum atomic E-state index is 5.99. The molecule has 2 bridgehead atoms. The zero-order chi connectivity index (χ0) is 9.59. The molecule has 2 fully saturated rings. The number of halogens is 4. The molecule has 13 heavy (non-hydrogen) atoms. The Morgan fingerprint density at radius 2 is 1.31 bits per heavy atom. The third kappa shape index (κ3) is 1.60. The average molecular weight is 351 g/mol. The van der Waals surface area contributed by atoms with Gasteiger partial charge in [0.1, 0.15) is 0 Å². The van der Waals surface area contributed by atoms with E-state index in [-0.39, 0.29) is 0 Å². The fourth-order valence-electron chi connectivity index (χ4n) is 2.96. The van der Waals surface area contributed by atoms with E-state index >= 15 is 0 Å². The van der Waals surface area contributed by atoms with Crippen molar-refractivity contribution >= 4 is 55.1 Å². The van der Waals surface area contributed by atoms with Gasteiger partial charge in [-0.25, -0.2) is 0 Å². The topological polar surface area (TPSA) is 0 Å². The van der Waals surface area contributed by atoms with Crippen molar-refractivity contribution in [3.63, 3.8) is 0 Å². The third-order valence-electron chi connectivity index (χ3n) is 3.67. The van der Waals surface area contributed by atoms with E-state index < -0.39 is 0 Å². The molecule has 0 heterocycles. The van der Waals surface area contributed by atoms with E-state index in [1.165, 1.54) is 6.42 Å². The lowest BCUT2D eigenvalue weighted by Crippen LogP contribution is -2.37. The monoisotopic (exact) mass is 348 g/mol. The summed E-state index contributed by atoms with van der Waals surface area (Å²) in [6, 6.07) is 0.